The van der Waals surface area contributed by atoms with Gasteiger partial charge in [-0.25, -0.2) is 8.42 Å². The van der Waals surface area contributed by atoms with E-state index in [4.69, 9.17) is 4.74 Å². The lowest BCUT2D eigenvalue weighted by atomic mass is 10.2. The number of hydrogen-bond acceptors (Lipinski definition) is 5. The third-order valence-corrected chi connectivity index (χ3v) is 6.40. The van der Waals surface area contributed by atoms with E-state index in [0.717, 1.165) is 11.3 Å². The van der Waals surface area contributed by atoms with E-state index in [1.807, 2.05) is 31.2 Å². The molecule has 8 heteroatoms. The molecule has 2 N–H and O–H groups in total. The van der Waals surface area contributed by atoms with Gasteiger partial charge in [-0.1, -0.05) is 18.2 Å². The molecule has 2 aromatic carbocycles. The first-order valence-corrected chi connectivity index (χ1v) is 10.6. The van der Waals surface area contributed by atoms with Gasteiger partial charge >= 0.3 is 0 Å². The van der Waals surface area contributed by atoms with Crippen LogP contribution in [0.4, 0.5) is 11.4 Å². The van der Waals surface area contributed by atoms with Crippen molar-refractivity contribution in [2.75, 3.05) is 36.9 Å². The van der Waals surface area contributed by atoms with Gasteiger partial charge in [0.15, 0.2) is 0 Å². The standard InChI is InChI=1S/C20H25N3O4S/c1-15-5-3-6-17(13-15)21-16(2)20(24)22-18-7-4-8-19(14-18)28(25,26)23-9-11-27-12-10-23/h3-8,13-14,16,21H,9-12H2,1-2H3,(H,22,24)/t16-/m0/s1. The average Bonchev–Trinajstić information content (AvgIpc) is 2.69. The predicted molar refractivity (Wildman–Crippen MR) is 109 cm³/mol. The minimum atomic E-state index is -3.61. The molecule has 1 fully saturated rings. The maximum Gasteiger partial charge on any atom is 0.246 e. The van der Waals surface area contributed by atoms with E-state index in [0.29, 0.717) is 32.0 Å². The molecule has 0 aliphatic carbocycles. The van der Waals surface area contributed by atoms with Crippen LogP contribution in [0.5, 0.6) is 0 Å². The molecule has 0 spiro atoms. The number of carbonyl (C=O) groups is 1. The maximum atomic E-state index is 12.8. The number of anilines is 2. The zero-order valence-electron chi connectivity index (χ0n) is 16.0. The van der Waals surface area contributed by atoms with Gasteiger partial charge in [0.25, 0.3) is 0 Å². The molecule has 0 unspecified atom stereocenters. The summed E-state index contributed by atoms with van der Waals surface area (Å²) in [6.45, 7) is 5.17. The average molecular weight is 404 g/mol. The van der Waals surface area contributed by atoms with Crippen LogP contribution in [-0.4, -0.2) is 51.0 Å². The Hall–Kier alpha value is -2.42. The topological polar surface area (TPSA) is 87.7 Å². The molecule has 150 valence electrons. The number of benzene rings is 2. The van der Waals surface area contributed by atoms with E-state index >= 15 is 0 Å². The van der Waals surface area contributed by atoms with Crippen LogP contribution in [0.15, 0.2) is 53.4 Å². The molecule has 28 heavy (non-hydrogen) atoms. The van der Waals surface area contributed by atoms with Crippen LogP contribution in [0.2, 0.25) is 0 Å². The van der Waals surface area contributed by atoms with Gasteiger partial charge in [0, 0.05) is 24.5 Å². The van der Waals surface area contributed by atoms with Gasteiger partial charge in [-0.3, -0.25) is 4.79 Å². The summed E-state index contributed by atoms with van der Waals surface area (Å²) in [5, 5.41) is 5.93. The smallest absolute Gasteiger partial charge is 0.246 e. The molecular weight excluding hydrogens is 378 g/mol. The molecule has 0 aromatic heterocycles. The summed E-state index contributed by atoms with van der Waals surface area (Å²) >= 11 is 0. The molecule has 2 aromatic rings. The number of carbonyl (C=O) groups excluding carboxylic acids is 1. The number of ether oxygens (including phenoxy) is 1. The van der Waals surface area contributed by atoms with Crippen molar-refractivity contribution < 1.29 is 17.9 Å². The molecular formula is C20H25N3O4S. The summed E-state index contributed by atoms with van der Waals surface area (Å²) in [5.41, 5.74) is 2.39. The molecule has 0 radical (unpaired) electrons. The van der Waals surface area contributed by atoms with Gasteiger partial charge in [0.1, 0.15) is 6.04 Å². The lowest BCUT2D eigenvalue weighted by Gasteiger charge is -2.26. The normalized spacial score (nSPS) is 16.4. The fourth-order valence-electron chi connectivity index (χ4n) is 2.97. The van der Waals surface area contributed by atoms with Crippen molar-refractivity contribution in [3.63, 3.8) is 0 Å². The van der Waals surface area contributed by atoms with Crippen LogP contribution in [0, 0.1) is 6.92 Å². The van der Waals surface area contributed by atoms with Gasteiger partial charge in [-0.15, -0.1) is 0 Å². The Morgan fingerprint density at radius 1 is 1.07 bits per heavy atom. The molecule has 0 bridgehead atoms. The molecule has 1 aliphatic rings. The monoisotopic (exact) mass is 403 g/mol. The molecule has 0 saturated carbocycles. The van der Waals surface area contributed by atoms with E-state index in [9.17, 15) is 13.2 Å². The molecule has 7 nitrogen and oxygen atoms in total. The Balaban J connectivity index is 1.69. The highest BCUT2D eigenvalue weighted by molar-refractivity contribution is 7.89. The first-order chi connectivity index (χ1) is 13.4. The Kier molecular flexibility index (Phi) is 6.33. The summed E-state index contributed by atoms with van der Waals surface area (Å²) in [7, 11) is -3.61. The van der Waals surface area contributed by atoms with Crippen molar-refractivity contribution in [1.82, 2.24) is 4.31 Å². The largest absolute Gasteiger partial charge is 0.379 e. The van der Waals surface area contributed by atoms with Gasteiger partial charge in [0.2, 0.25) is 15.9 Å². The van der Waals surface area contributed by atoms with Crippen molar-refractivity contribution in [2.45, 2.75) is 24.8 Å². The van der Waals surface area contributed by atoms with E-state index in [-0.39, 0.29) is 10.8 Å². The highest BCUT2D eigenvalue weighted by Gasteiger charge is 2.26. The Bertz CT molecular complexity index is 940. The van der Waals surface area contributed by atoms with Crippen LogP contribution in [0.1, 0.15) is 12.5 Å². The van der Waals surface area contributed by atoms with Crippen molar-refractivity contribution in [3.05, 3.63) is 54.1 Å². The number of amides is 1. The third kappa shape index (κ3) is 4.89. The second-order valence-corrected chi connectivity index (χ2v) is 8.71. The Labute approximate surface area is 165 Å². The van der Waals surface area contributed by atoms with Crippen LogP contribution in [0.25, 0.3) is 0 Å². The van der Waals surface area contributed by atoms with E-state index in [1.54, 1.807) is 19.1 Å². The van der Waals surface area contributed by atoms with E-state index in [2.05, 4.69) is 10.6 Å². The van der Waals surface area contributed by atoms with Gasteiger partial charge in [0.05, 0.1) is 18.1 Å². The molecule has 1 heterocycles. The van der Waals surface area contributed by atoms with Crippen LogP contribution < -0.4 is 10.6 Å². The number of morpholine rings is 1. The predicted octanol–water partition coefficient (Wildman–Crippen LogP) is 2.46. The van der Waals surface area contributed by atoms with Crippen LogP contribution in [-0.2, 0) is 19.6 Å². The number of hydrogen-bond donors (Lipinski definition) is 2. The lowest BCUT2D eigenvalue weighted by molar-refractivity contribution is -0.116. The minimum absolute atomic E-state index is 0.159. The summed E-state index contributed by atoms with van der Waals surface area (Å²) in [6, 6.07) is 13.6. The molecule has 3 rings (SSSR count). The van der Waals surface area contributed by atoms with Crippen molar-refractivity contribution in [2.24, 2.45) is 0 Å². The van der Waals surface area contributed by atoms with Crippen molar-refractivity contribution in [1.29, 1.82) is 0 Å². The molecule has 1 saturated heterocycles. The molecule has 1 aliphatic heterocycles. The zero-order valence-corrected chi connectivity index (χ0v) is 16.8. The SMILES string of the molecule is Cc1cccc(N[C@@H](C)C(=O)Nc2cccc(S(=O)(=O)N3CCOCC3)c2)c1. The van der Waals surface area contributed by atoms with E-state index in [1.165, 1.54) is 16.4 Å². The van der Waals surface area contributed by atoms with Gasteiger partial charge < -0.3 is 15.4 Å². The number of nitrogens with one attached hydrogen (secondary N) is 2. The third-order valence-electron chi connectivity index (χ3n) is 4.50. The number of rotatable bonds is 6. The van der Waals surface area contributed by atoms with E-state index < -0.39 is 16.1 Å². The van der Waals surface area contributed by atoms with Crippen molar-refractivity contribution >= 4 is 27.3 Å². The number of nitrogens with zero attached hydrogens (tertiary/aromatic N) is 1. The zero-order chi connectivity index (χ0) is 20.1. The number of aryl methyl sites for hydroxylation is 1. The summed E-state index contributed by atoms with van der Waals surface area (Å²) in [5.74, 6) is -0.248. The molecule has 1 atom stereocenters. The maximum absolute atomic E-state index is 12.8. The second kappa shape index (κ2) is 8.72. The van der Waals surface area contributed by atoms with Crippen LogP contribution in [0.3, 0.4) is 0 Å². The fourth-order valence-corrected chi connectivity index (χ4v) is 4.43. The quantitative estimate of drug-likeness (QED) is 0.774. The fraction of sp³-hybridized carbons (Fsp3) is 0.350. The van der Waals surface area contributed by atoms with Crippen molar-refractivity contribution in [3.8, 4) is 0 Å². The Morgan fingerprint density at radius 3 is 2.46 bits per heavy atom. The van der Waals surface area contributed by atoms with Crippen LogP contribution >= 0.6 is 0 Å². The molecule has 1 amide bonds. The lowest BCUT2D eigenvalue weighted by Crippen LogP contribution is -2.40. The summed E-state index contributed by atoms with van der Waals surface area (Å²) < 4.78 is 32.2. The first-order valence-electron chi connectivity index (χ1n) is 9.18. The number of sulfonamides is 1. The second-order valence-electron chi connectivity index (χ2n) is 6.77. The first kappa shape index (κ1) is 20.3. The summed E-state index contributed by atoms with van der Waals surface area (Å²) in [4.78, 5) is 12.7. The minimum Gasteiger partial charge on any atom is -0.379 e. The Morgan fingerprint density at radius 2 is 1.75 bits per heavy atom. The highest BCUT2D eigenvalue weighted by atomic mass is 32.2. The summed E-state index contributed by atoms with van der Waals surface area (Å²) in [6.07, 6.45) is 0. The van der Waals surface area contributed by atoms with Gasteiger partial charge in [-0.05, 0) is 49.7 Å². The van der Waals surface area contributed by atoms with Gasteiger partial charge in [-0.2, -0.15) is 4.31 Å². The highest BCUT2D eigenvalue weighted by Crippen LogP contribution is 2.21.